The van der Waals surface area contributed by atoms with Crippen molar-refractivity contribution >= 4 is 17.3 Å². The van der Waals surface area contributed by atoms with Crippen molar-refractivity contribution in [2.75, 3.05) is 47.4 Å². The zero-order valence-corrected chi connectivity index (χ0v) is 17.9. The Morgan fingerprint density at radius 2 is 1.37 bits per heavy atom. The quantitative estimate of drug-likeness (QED) is 0.666. The normalized spacial score (nSPS) is 16.5. The molecule has 0 aliphatic carbocycles. The average Bonchev–Trinajstić information content (AvgIpc) is 2.78. The summed E-state index contributed by atoms with van der Waals surface area (Å²) in [6.07, 6.45) is 1.07. The summed E-state index contributed by atoms with van der Waals surface area (Å²) >= 11 is 0. The second-order valence-corrected chi connectivity index (χ2v) is 8.38. The van der Waals surface area contributed by atoms with Crippen LogP contribution in [0.2, 0.25) is 0 Å². The van der Waals surface area contributed by atoms with Crippen LogP contribution < -0.4 is 14.7 Å². The summed E-state index contributed by atoms with van der Waals surface area (Å²) in [4.78, 5) is 16.8. The molecule has 0 radical (unpaired) electrons. The molecule has 5 rings (SSSR count). The molecule has 1 fully saturated rings. The molecule has 0 unspecified atom stereocenters. The molecule has 1 saturated heterocycles. The predicted molar refractivity (Wildman–Crippen MR) is 124 cm³/mol. The van der Waals surface area contributed by atoms with Gasteiger partial charge in [-0.3, -0.25) is 0 Å². The van der Waals surface area contributed by atoms with Gasteiger partial charge in [0.15, 0.2) is 0 Å². The number of piperazine rings is 1. The molecule has 0 N–H and O–H groups in total. The second-order valence-electron chi connectivity index (χ2n) is 8.38. The van der Waals surface area contributed by atoms with E-state index in [2.05, 4.69) is 76.2 Å². The summed E-state index contributed by atoms with van der Waals surface area (Å²) in [5.74, 6) is 2.95. The molecule has 0 saturated carbocycles. The summed E-state index contributed by atoms with van der Waals surface area (Å²) < 4.78 is 0. The van der Waals surface area contributed by atoms with Gasteiger partial charge in [0.2, 0.25) is 0 Å². The van der Waals surface area contributed by atoms with Crippen LogP contribution in [0.5, 0.6) is 0 Å². The fourth-order valence-electron chi connectivity index (χ4n) is 4.57. The highest BCUT2D eigenvalue weighted by atomic mass is 15.3. The molecule has 1 aromatic heterocycles. The van der Waals surface area contributed by atoms with Gasteiger partial charge in [-0.1, -0.05) is 36.4 Å². The van der Waals surface area contributed by atoms with Crippen molar-refractivity contribution in [2.24, 2.45) is 0 Å². The van der Waals surface area contributed by atoms with Gasteiger partial charge in [-0.2, -0.15) is 0 Å². The molecular formula is C25H29N5. The Labute approximate surface area is 179 Å². The molecule has 2 aromatic carbocycles. The number of hydrogen-bond acceptors (Lipinski definition) is 5. The van der Waals surface area contributed by atoms with Gasteiger partial charge in [-0.05, 0) is 49.1 Å². The third-order valence-corrected chi connectivity index (χ3v) is 6.24. The van der Waals surface area contributed by atoms with E-state index in [4.69, 9.17) is 9.97 Å². The molecule has 30 heavy (non-hydrogen) atoms. The number of rotatable bonds is 3. The van der Waals surface area contributed by atoms with Crippen LogP contribution in [0, 0.1) is 13.8 Å². The molecule has 0 bridgehead atoms. The highest BCUT2D eigenvalue weighted by molar-refractivity contribution is 5.55. The number of aromatic nitrogens is 2. The topological polar surface area (TPSA) is 35.5 Å². The number of benzene rings is 2. The van der Waals surface area contributed by atoms with E-state index < -0.39 is 0 Å². The Hall–Kier alpha value is -3.08. The van der Waals surface area contributed by atoms with E-state index >= 15 is 0 Å². The van der Waals surface area contributed by atoms with Gasteiger partial charge in [0.25, 0.3) is 0 Å². The van der Waals surface area contributed by atoms with Gasteiger partial charge in [0.1, 0.15) is 17.5 Å². The lowest BCUT2D eigenvalue weighted by Crippen LogP contribution is -2.47. The van der Waals surface area contributed by atoms with Crippen LogP contribution in [0.25, 0.3) is 0 Å². The molecule has 5 heteroatoms. The number of nitrogens with zero attached hydrogens (tertiary/aromatic N) is 5. The van der Waals surface area contributed by atoms with Gasteiger partial charge in [-0.15, -0.1) is 0 Å². The molecule has 0 atom stereocenters. The predicted octanol–water partition coefficient (Wildman–Crippen LogP) is 3.98. The van der Waals surface area contributed by atoms with Crippen molar-refractivity contribution in [3.05, 3.63) is 77.1 Å². The van der Waals surface area contributed by atoms with Crippen LogP contribution in [-0.2, 0) is 13.0 Å². The van der Waals surface area contributed by atoms with Gasteiger partial charge in [0.05, 0.1) is 0 Å². The summed E-state index contributed by atoms with van der Waals surface area (Å²) in [6, 6.07) is 19.7. The number of hydrogen-bond donors (Lipinski definition) is 0. The van der Waals surface area contributed by atoms with Crippen LogP contribution >= 0.6 is 0 Å². The minimum absolute atomic E-state index is 0.850. The van der Waals surface area contributed by atoms with Crippen molar-refractivity contribution in [3.8, 4) is 0 Å². The Morgan fingerprint density at radius 3 is 2.13 bits per heavy atom. The standard InChI is InChI=1S/C25H29N5/c1-19-6-5-9-23(16-19)28-12-14-29(15-13-28)24-17-25(27-20(2)26-24)30-11-10-21-7-3-4-8-22(21)18-30/h3-9,16-17H,10-15,18H2,1-2H3. The van der Waals surface area contributed by atoms with E-state index in [-0.39, 0.29) is 0 Å². The van der Waals surface area contributed by atoms with E-state index in [1.54, 1.807) is 0 Å². The molecule has 2 aliphatic heterocycles. The summed E-state index contributed by atoms with van der Waals surface area (Å²) in [7, 11) is 0. The number of fused-ring (bicyclic) bond motifs is 1. The van der Waals surface area contributed by atoms with E-state index in [1.807, 2.05) is 6.92 Å². The van der Waals surface area contributed by atoms with Crippen molar-refractivity contribution in [1.82, 2.24) is 9.97 Å². The van der Waals surface area contributed by atoms with E-state index in [0.717, 1.165) is 63.1 Å². The van der Waals surface area contributed by atoms with E-state index in [1.165, 1.54) is 22.4 Å². The summed E-state index contributed by atoms with van der Waals surface area (Å²) in [6.45, 7) is 10.1. The van der Waals surface area contributed by atoms with Crippen molar-refractivity contribution in [2.45, 2.75) is 26.8 Å². The van der Waals surface area contributed by atoms with Crippen molar-refractivity contribution in [3.63, 3.8) is 0 Å². The lowest BCUT2D eigenvalue weighted by molar-refractivity contribution is 0.644. The lowest BCUT2D eigenvalue weighted by atomic mass is 10.00. The first kappa shape index (κ1) is 18.9. The molecule has 0 spiro atoms. The number of aryl methyl sites for hydroxylation is 2. The smallest absolute Gasteiger partial charge is 0.134 e. The van der Waals surface area contributed by atoms with Crippen LogP contribution in [0.1, 0.15) is 22.5 Å². The highest BCUT2D eigenvalue weighted by Crippen LogP contribution is 2.27. The summed E-state index contributed by atoms with van der Waals surface area (Å²) in [5.41, 5.74) is 5.51. The maximum absolute atomic E-state index is 4.78. The van der Waals surface area contributed by atoms with Crippen molar-refractivity contribution in [1.29, 1.82) is 0 Å². The third kappa shape index (κ3) is 3.84. The van der Waals surface area contributed by atoms with Crippen LogP contribution in [0.15, 0.2) is 54.6 Å². The molecule has 5 nitrogen and oxygen atoms in total. The summed E-state index contributed by atoms with van der Waals surface area (Å²) in [5, 5.41) is 0. The van der Waals surface area contributed by atoms with E-state index in [0.29, 0.717) is 0 Å². The fraction of sp³-hybridized carbons (Fsp3) is 0.360. The van der Waals surface area contributed by atoms with Crippen LogP contribution in [0.4, 0.5) is 17.3 Å². The Bertz CT molecular complexity index is 1040. The molecule has 3 heterocycles. The SMILES string of the molecule is Cc1cccc(N2CCN(c3cc(N4CCc5ccccc5C4)nc(C)n3)CC2)c1. The fourth-order valence-corrected chi connectivity index (χ4v) is 4.57. The van der Waals surface area contributed by atoms with Gasteiger partial charge in [0, 0.05) is 51.0 Å². The minimum atomic E-state index is 0.850. The molecule has 3 aromatic rings. The van der Waals surface area contributed by atoms with Crippen molar-refractivity contribution < 1.29 is 0 Å². The monoisotopic (exact) mass is 399 g/mol. The Kier molecular flexibility index (Phi) is 5.03. The first-order chi connectivity index (χ1) is 14.7. The van der Waals surface area contributed by atoms with E-state index in [9.17, 15) is 0 Å². The molecule has 0 amide bonds. The molecule has 154 valence electrons. The Morgan fingerprint density at radius 1 is 0.667 bits per heavy atom. The zero-order chi connectivity index (χ0) is 20.5. The highest BCUT2D eigenvalue weighted by Gasteiger charge is 2.22. The van der Waals surface area contributed by atoms with Crippen LogP contribution in [-0.4, -0.2) is 42.7 Å². The van der Waals surface area contributed by atoms with Gasteiger partial charge in [-0.25, -0.2) is 9.97 Å². The second kappa shape index (κ2) is 7.98. The number of anilines is 3. The van der Waals surface area contributed by atoms with Gasteiger partial charge >= 0.3 is 0 Å². The first-order valence-electron chi connectivity index (χ1n) is 10.9. The third-order valence-electron chi connectivity index (χ3n) is 6.24. The maximum atomic E-state index is 4.78. The largest absolute Gasteiger partial charge is 0.368 e. The lowest BCUT2D eigenvalue weighted by Gasteiger charge is -2.37. The molecule has 2 aliphatic rings. The maximum Gasteiger partial charge on any atom is 0.134 e. The minimum Gasteiger partial charge on any atom is -0.368 e. The Balaban J connectivity index is 1.31. The van der Waals surface area contributed by atoms with Crippen LogP contribution in [0.3, 0.4) is 0 Å². The van der Waals surface area contributed by atoms with Gasteiger partial charge < -0.3 is 14.7 Å². The zero-order valence-electron chi connectivity index (χ0n) is 17.9. The average molecular weight is 400 g/mol. The first-order valence-corrected chi connectivity index (χ1v) is 10.9. The molecular weight excluding hydrogens is 370 g/mol.